The maximum Gasteiger partial charge on any atom is 0.219 e. The average molecular weight is 417 g/mol. The molecule has 1 aromatic heterocycles. The first-order valence-corrected chi connectivity index (χ1v) is 9.72. The van der Waals surface area contributed by atoms with Crippen LogP contribution in [0.25, 0.3) is 0 Å². The Kier molecular flexibility index (Phi) is 6.27. The lowest BCUT2D eigenvalue weighted by atomic mass is 10.1. The molecule has 3 rings (SSSR count). The fourth-order valence-corrected chi connectivity index (χ4v) is 3.59. The molecule has 0 bridgehead atoms. The van der Waals surface area contributed by atoms with Gasteiger partial charge in [0.25, 0.3) is 0 Å². The Labute approximate surface area is 163 Å². The number of halogens is 1. The van der Waals surface area contributed by atoms with Crippen LogP contribution in [0.3, 0.4) is 0 Å². The predicted octanol–water partition coefficient (Wildman–Crippen LogP) is 3.43. The number of carbonyl (C=O) groups is 1. The highest BCUT2D eigenvalue weighted by Crippen LogP contribution is 2.16. The minimum atomic E-state index is 0.177. The van der Waals surface area contributed by atoms with E-state index in [-0.39, 0.29) is 5.91 Å². The van der Waals surface area contributed by atoms with Gasteiger partial charge < -0.3 is 10.2 Å². The Bertz CT molecular complexity index is 755. The van der Waals surface area contributed by atoms with Crippen LogP contribution in [0.2, 0.25) is 0 Å². The van der Waals surface area contributed by atoms with Crippen molar-refractivity contribution in [3.63, 3.8) is 0 Å². The zero-order valence-corrected chi connectivity index (χ0v) is 16.9. The Morgan fingerprint density at radius 2 is 1.88 bits per heavy atom. The number of nitrogens with zero attached hydrogens (tertiary/aromatic N) is 3. The van der Waals surface area contributed by atoms with E-state index in [1.54, 1.807) is 6.92 Å². The molecular weight excluding hydrogens is 392 g/mol. The summed E-state index contributed by atoms with van der Waals surface area (Å²) in [5.74, 6) is 0.177. The van der Waals surface area contributed by atoms with Crippen molar-refractivity contribution >= 4 is 27.5 Å². The van der Waals surface area contributed by atoms with Crippen molar-refractivity contribution in [1.29, 1.82) is 0 Å². The molecule has 1 fully saturated rings. The lowest BCUT2D eigenvalue weighted by molar-refractivity contribution is -0.130. The summed E-state index contributed by atoms with van der Waals surface area (Å²) < 4.78 is 0.868. The van der Waals surface area contributed by atoms with Crippen molar-refractivity contribution in [1.82, 2.24) is 14.8 Å². The van der Waals surface area contributed by atoms with Crippen LogP contribution in [0.4, 0.5) is 5.69 Å². The van der Waals surface area contributed by atoms with Crippen molar-refractivity contribution in [3.8, 4) is 0 Å². The minimum absolute atomic E-state index is 0.177. The molecule has 0 spiro atoms. The molecule has 0 radical (unpaired) electrons. The van der Waals surface area contributed by atoms with E-state index in [1.807, 2.05) is 17.2 Å². The number of hydrogen-bond donors (Lipinski definition) is 1. The fourth-order valence-electron chi connectivity index (χ4n) is 3.14. The molecule has 2 heterocycles. The number of aromatic nitrogens is 1. The third kappa shape index (κ3) is 5.05. The number of pyridine rings is 1. The van der Waals surface area contributed by atoms with Gasteiger partial charge in [-0.3, -0.25) is 9.69 Å². The molecule has 1 aromatic carbocycles. The molecule has 1 N–H and O–H groups in total. The molecule has 0 saturated carbocycles. The zero-order valence-electron chi connectivity index (χ0n) is 15.3. The Hall–Kier alpha value is -1.92. The Morgan fingerprint density at radius 1 is 1.19 bits per heavy atom. The normalized spacial score (nSPS) is 15.1. The van der Waals surface area contributed by atoms with Crippen molar-refractivity contribution in [2.75, 3.05) is 31.5 Å². The molecule has 1 amide bonds. The molecule has 26 heavy (non-hydrogen) atoms. The van der Waals surface area contributed by atoms with E-state index in [4.69, 9.17) is 0 Å². The molecular formula is C20H25BrN4O. The monoisotopic (exact) mass is 416 g/mol. The Morgan fingerprint density at radius 3 is 2.50 bits per heavy atom. The summed E-state index contributed by atoms with van der Waals surface area (Å²) >= 11 is 3.40. The zero-order chi connectivity index (χ0) is 18.5. The van der Waals surface area contributed by atoms with E-state index in [0.29, 0.717) is 0 Å². The van der Waals surface area contributed by atoms with E-state index >= 15 is 0 Å². The average Bonchev–Trinajstić information content (AvgIpc) is 2.63. The van der Waals surface area contributed by atoms with Gasteiger partial charge in [0.2, 0.25) is 5.91 Å². The van der Waals surface area contributed by atoms with Gasteiger partial charge in [-0.2, -0.15) is 0 Å². The number of piperazine rings is 1. The van der Waals surface area contributed by atoms with E-state index in [0.717, 1.165) is 49.6 Å². The van der Waals surface area contributed by atoms with Gasteiger partial charge in [0.15, 0.2) is 0 Å². The maximum absolute atomic E-state index is 11.4. The second kappa shape index (κ2) is 8.64. The highest BCUT2D eigenvalue weighted by atomic mass is 79.9. The standard InChI is InChI=1S/C20H25BrN4O/c1-15-11-20(21)23-13-18(15)12-22-19-5-3-17(4-6-19)14-24-7-9-25(10-8-24)16(2)26/h3-6,11,13,22H,7-10,12,14H2,1-2H3. The van der Waals surface area contributed by atoms with Crippen molar-refractivity contribution in [3.05, 3.63) is 57.8 Å². The van der Waals surface area contributed by atoms with Crippen LogP contribution in [0.5, 0.6) is 0 Å². The lowest BCUT2D eigenvalue weighted by Crippen LogP contribution is -2.47. The highest BCUT2D eigenvalue weighted by molar-refractivity contribution is 9.10. The summed E-state index contributed by atoms with van der Waals surface area (Å²) in [4.78, 5) is 20.0. The van der Waals surface area contributed by atoms with Crippen LogP contribution in [0.15, 0.2) is 41.1 Å². The first kappa shape index (κ1) is 18.9. The van der Waals surface area contributed by atoms with Crippen LogP contribution in [0, 0.1) is 6.92 Å². The summed E-state index contributed by atoms with van der Waals surface area (Å²) in [5.41, 5.74) is 4.83. The molecule has 0 unspecified atom stereocenters. The highest BCUT2D eigenvalue weighted by Gasteiger charge is 2.18. The summed E-state index contributed by atoms with van der Waals surface area (Å²) in [5, 5.41) is 3.46. The molecule has 5 nitrogen and oxygen atoms in total. The minimum Gasteiger partial charge on any atom is -0.381 e. The van der Waals surface area contributed by atoms with Crippen LogP contribution < -0.4 is 5.32 Å². The summed E-state index contributed by atoms with van der Waals surface area (Å²) in [6.45, 7) is 8.97. The third-order valence-corrected chi connectivity index (χ3v) is 5.28. The SMILES string of the molecule is CC(=O)N1CCN(Cc2ccc(NCc3cnc(Br)cc3C)cc2)CC1. The van der Waals surface area contributed by atoms with Crippen molar-refractivity contribution < 1.29 is 4.79 Å². The smallest absolute Gasteiger partial charge is 0.219 e. The largest absolute Gasteiger partial charge is 0.381 e. The van der Waals surface area contributed by atoms with E-state index < -0.39 is 0 Å². The van der Waals surface area contributed by atoms with Crippen LogP contribution in [-0.4, -0.2) is 46.9 Å². The number of rotatable bonds is 5. The van der Waals surface area contributed by atoms with Crippen molar-refractivity contribution in [2.24, 2.45) is 0 Å². The molecule has 1 aliphatic rings. The summed E-state index contributed by atoms with van der Waals surface area (Å²) in [6.07, 6.45) is 1.90. The summed E-state index contributed by atoms with van der Waals surface area (Å²) in [7, 11) is 0. The topological polar surface area (TPSA) is 48.5 Å². The fraction of sp³-hybridized carbons (Fsp3) is 0.400. The second-order valence-electron chi connectivity index (χ2n) is 6.77. The van der Waals surface area contributed by atoms with Gasteiger partial charge in [-0.15, -0.1) is 0 Å². The lowest BCUT2D eigenvalue weighted by Gasteiger charge is -2.34. The number of amides is 1. The van der Waals surface area contributed by atoms with Crippen LogP contribution >= 0.6 is 15.9 Å². The van der Waals surface area contributed by atoms with Gasteiger partial charge in [-0.1, -0.05) is 12.1 Å². The molecule has 1 aliphatic heterocycles. The van der Waals surface area contributed by atoms with Gasteiger partial charge in [0.1, 0.15) is 4.60 Å². The molecule has 1 saturated heterocycles. The number of hydrogen-bond acceptors (Lipinski definition) is 4. The van der Waals surface area contributed by atoms with Gasteiger partial charge in [-0.05, 0) is 57.7 Å². The first-order valence-electron chi connectivity index (χ1n) is 8.93. The van der Waals surface area contributed by atoms with Crippen LogP contribution in [-0.2, 0) is 17.9 Å². The molecule has 0 aliphatic carbocycles. The number of anilines is 1. The van der Waals surface area contributed by atoms with E-state index in [9.17, 15) is 4.79 Å². The van der Waals surface area contributed by atoms with Gasteiger partial charge in [-0.25, -0.2) is 4.98 Å². The number of nitrogens with one attached hydrogen (secondary N) is 1. The predicted molar refractivity (Wildman–Crippen MR) is 108 cm³/mol. The van der Waals surface area contributed by atoms with E-state index in [2.05, 4.69) is 62.3 Å². The molecule has 2 aromatic rings. The maximum atomic E-state index is 11.4. The Balaban J connectivity index is 1.50. The molecule has 6 heteroatoms. The van der Waals surface area contributed by atoms with Gasteiger partial charge in [0.05, 0.1) is 0 Å². The third-order valence-electron chi connectivity index (χ3n) is 4.85. The molecule has 0 atom stereocenters. The van der Waals surface area contributed by atoms with Crippen molar-refractivity contribution in [2.45, 2.75) is 26.9 Å². The number of carbonyl (C=O) groups excluding carboxylic acids is 1. The molecule has 138 valence electrons. The summed E-state index contributed by atoms with van der Waals surface area (Å²) in [6, 6.07) is 10.6. The van der Waals surface area contributed by atoms with Gasteiger partial charge >= 0.3 is 0 Å². The van der Waals surface area contributed by atoms with E-state index in [1.165, 1.54) is 16.7 Å². The number of aryl methyl sites for hydroxylation is 1. The number of benzene rings is 1. The second-order valence-corrected chi connectivity index (χ2v) is 7.58. The van der Waals surface area contributed by atoms with Crippen LogP contribution in [0.1, 0.15) is 23.6 Å². The quantitative estimate of drug-likeness (QED) is 0.758. The van der Waals surface area contributed by atoms with Gasteiger partial charge in [0, 0.05) is 58.1 Å². The first-order chi connectivity index (χ1) is 12.5.